The van der Waals surface area contributed by atoms with Crippen LogP contribution in [0.2, 0.25) is 0 Å². The summed E-state index contributed by atoms with van der Waals surface area (Å²) in [5, 5.41) is 11.5. The second-order valence-corrected chi connectivity index (χ2v) is 12.1. The van der Waals surface area contributed by atoms with Crippen LogP contribution in [0.5, 0.6) is 5.75 Å². The molecule has 42 heavy (non-hydrogen) atoms. The van der Waals surface area contributed by atoms with Crippen LogP contribution in [0.15, 0.2) is 109 Å². The third-order valence-corrected chi connectivity index (χ3v) is 7.42. The van der Waals surface area contributed by atoms with Crippen LogP contribution < -0.4 is 4.90 Å². The summed E-state index contributed by atoms with van der Waals surface area (Å²) in [6.45, 7) is 8.18. The molecule has 0 radical (unpaired) electrons. The fourth-order valence-electron chi connectivity index (χ4n) is 5.17. The molecule has 0 amide bonds. The number of benzene rings is 3. The van der Waals surface area contributed by atoms with Gasteiger partial charge in [0.05, 0.1) is 22.8 Å². The molecular formula is C37H40N4O. The third kappa shape index (κ3) is 7.04. The van der Waals surface area contributed by atoms with Gasteiger partial charge in [0.15, 0.2) is 0 Å². The Morgan fingerprint density at radius 2 is 1.12 bits per heavy atom. The van der Waals surface area contributed by atoms with E-state index in [-0.39, 0.29) is 5.41 Å². The summed E-state index contributed by atoms with van der Waals surface area (Å²) < 4.78 is 0. The standard InChI is InChI=1S/C37H40N4O/c1-37(2,3)33-23-32(40(4)5)22-29(36(33)42)24-41(25-30-18-12-20-34(38-30)27-14-8-6-9-15-27)26-31-19-13-21-35(39-31)28-16-10-7-11-17-28/h6-23,42H,24-26H2,1-5H3. The van der Waals surface area contributed by atoms with Gasteiger partial charge in [-0.2, -0.15) is 0 Å². The van der Waals surface area contributed by atoms with Gasteiger partial charge in [0.2, 0.25) is 0 Å². The summed E-state index contributed by atoms with van der Waals surface area (Å²) in [7, 11) is 4.08. The Bertz CT molecular complexity index is 1540. The maximum absolute atomic E-state index is 11.5. The fourth-order valence-corrected chi connectivity index (χ4v) is 5.17. The molecule has 0 saturated heterocycles. The number of rotatable bonds is 9. The Kier molecular flexibility index (Phi) is 8.69. The fraction of sp³-hybridized carbons (Fsp3) is 0.243. The molecule has 0 spiro atoms. The zero-order chi connectivity index (χ0) is 29.7. The number of nitrogens with zero attached hydrogens (tertiary/aromatic N) is 4. The van der Waals surface area contributed by atoms with E-state index in [2.05, 4.69) is 103 Å². The smallest absolute Gasteiger partial charge is 0.123 e. The predicted molar refractivity (Wildman–Crippen MR) is 173 cm³/mol. The molecule has 0 aliphatic rings. The number of anilines is 1. The van der Waals surface area contributed by atoms with E-state index < -0.39 is 0 Å². The van der Waals surface area contributed by atoms with E-state index in [1.54, 1.807) is 0 Å². The number of phenols is 1. The van der Waals surface area contributed by atoms with Gasteiger partial charge in [-0.15, -0.1) is 0 Å². The van der Waals surface area contributed by atoms with E-state index in [1.165, 1.54) is 0 Å². The minimum absolute atomic E-state index is 0.202. The molecule has 3 aromatic carbocycles. The van der Waals surface area contributed by atoms with E-state index in [1.807, 2.05) is 50.5 Å². The molecule has 0 saturated carbocycles. The Balaban J connectivity index is 1.52. The number of aromatic hydroxyl groups is 1. The summed E-state index contributed by atoms with van der Waals surface area (Å²) >= 11 is 0. The van der Waals surface area contributed by atoms with Gasteiger partial charge in [0.1, 0.15) is 5.75 Å². The average Bonchev–Trinajstić information content (AvgIpc) is 2.98. The van der Waals surface area contributed by atoms with Crippen molar-refractivity contribution in [2.45, 2.75) is 45.8 Å². The Hall–Kier alpha value is -4.48. The highest BCUT2D eigenvalue weighted by molar-refractivity contribution is 5.60. The van der Waals surface area contributed by atoms with Crippen LogP contribution in [-0.2, 0) is 25.0 Å². The van der Waals surface area contributed by atoms with Crippen LogP contribution in [-0.4, -0.2) is 34.1 Å². The summed E-state index contributed by atoms with van der Waals surface area (Å²) in [5.41, 5.74) is 8.72. The van der Waals surface area contributed by atoms with Crippen molar-refractivity contribution >= 4 is 5.69 Å². The van der Waals surface area contributed by atoms with Gasteiger partial charge in [0, 0.05) is 61.7 Å². The number of hydrogen-bond donors (Lipinski definition) is 1. The number of hydrogen-bond acceptors (Lipinski definition) is 5. The average molecular weight is 557 g/mol. The largest absolute Gasteiger partial charge is 0.507 e. The summed E-state index contributed by atoms with van der Waals surface area (Å²) in [5.74, 6) is 0.357. The van der Waals surface area contributed by atoms with Crippen molar-refractivity contribution in [2.24, 2.45) is 0 Å². The summed E-state index contributed by atoms with van der Waals surface area (Å²) in [6.07, 6.45) is 0. The van der Waals surface area contributed by atoms with Gasteiger partial charge in [-0.25, -0.2) is 0 Å². The molecule has 5 rings (SSSR count). The lowest BCUT2D eigenvalue weighted by Gasteiger charge is -2.28. The van der Waals surface area contributed by atoms with Gasteiger partial charge in [-0.3, -0.25) is 14.9 Å². The maximum atomic E-state index is 11.5. The topological polar surface area (TPSA) is 52.5 Å². The minimum atomic E-state index is -0.202. The van der Waals surface area contributed by atoms with Crippen molar-refractivity contribution in [1.29, 1.82) is 0 Å². The second-order valence-electron chi connectivity index (χ2n) is 12.1. The van der Waals surface area contributed by atoms with E-state index in [9.17, 15) is 5.11 Å². The highest BCUT2D eigenvalue weighted by Gasteiger charge is 2.23. The lowest BCUT2D eigenvalue weighted by atomic mass is 9.84. The van der Waals surface area contributed by atoms with Crippen LogP contribution in [0.25, 0.3) is 22.5 Å². The van der Waals surface area contributed by atoms with Crippen molar-refractivity contribution in [3.05, 3.63) is 132 Å². The highest BCUT2D eigenvalue weighted by Crippen LogP contribution is 2.37. The Morgan fingerprint density at radius 1 is 0.619 bits per heavy atom. The molecule has 214 valence electrons. The molecule has 0 atom stereocenters. The normalized spacial score (nSPS) is 11.6. The molecule has 2 heterocycles. The van der Waals surface area contributed by atoms with Crippen LogP contribution in [0.3, 0.4) is 0 Å². The summed E-state index contributed by atoms with van der Waals surface area (Å²) in [6, 6.07) is 37.1. The van der Waals surface area contributed by atoms with Crippen LogP contribution >= 0.6 is 0 Å². The molecule has 2 aromatic heterocycles. The molecule has 5 aromatic rings. The lowest BCUT2D eigenvalue weighted by Crippen LogP contribution is -2.25. The first-order valence-corrected chi connectivity index (χ1v) is 14.5. The van der Waals surface area contributed by atoms with Crippen molar-refractivity contribution in [3.63, 3.8) is 0 Å². The first kappa shape index (κ1) is 29.0. The van der Waals surface area contributed by atoms with Crippen LogP contribution in [0.4, 0.5) is 5.69 Å². The molecule has 0 aliphatic heterocycles. The SMILES string of the molecule is CN(C)c1cc(CN(Cc2cccc(-c3ccccc3)n2)Cc2cccc(-c3ccccc3)n2)c(O)c(C(C)(C)C)c1. The van der Waals surface area contributed by atoms with Crippen molar-refractivity contribution in [1.82, 2.24) is 14.9 Å². The predicted octanol–water partition coefficient (Wildman–Crippen LogP) is 8.08. The molecule has 5 nitrogen and oxygen atoms in total. The molecule has 5 heteroatoms. The first-order chi connectivity index (χ1) is 20.2. The molecule has 1 N–H and O–H groups in total. The molecular weight excluding hydrogens is 516 g/mol. The van der Waals surface area contributed by atoms with Gasteiger partial charge < -0.3 is 10.0 Å². The van der Waals surface area contributed by atoms with Gasteiger partial charge in [0.25, 0.3) is 0 Å². The number of pyridine rings is 2. The van der Waals surface area contributed by atoms with E-state index in [4.69, 9.17) is 9.97 Å². The van der Waals surface area contributed by atoms with Gasteiger partial charge in [-0.1, -0.05) is 93.6 Å². The maximum Gasteiger partial charge on any atom is 0.123 e. The van der Waals surface area contributed by atoms with Gasteiger partial charge in [-0.05, 0) is 41.8 Å². The first-order valence-electron chi connectivity index (χ1n) is 14.5. The molecule has 0 fully saturated rings. The van der Waals surface area contributed by atoms with Crippen LogP contribution in [0, 0.1) is 0 Å². The number of aromatic nitrogens is 2. The number of phenolic OH excluding ortho intramolecular Hbond substituents is 1. The summed E-state index contributed by atoms with van der Waals surface area (Å²) in [4.78, 5) is 14.5. The molecule has 0 bridgehead atoms. The van der Waals surface area contributed by atoms with E-state index in [0.29, 0.717) is 25.4 Å². The quantitative estimate of drug-likeness (QED) is 0.199. The lowest BCUT2D eigenvalue weighted by molar-refractivity contribution is 0.238. The zero-order valence-electron chi connectivity index (χ0n) is 25.2. The minimum Gasteiger partial charge on any atom is -0.507 e. The Morgan fingerprint density at radius 3 is 1.57 bits per heavy atom. The monoisotopic (exact) mass is 556 g/mol. The Labute approximate surface area is 250 Å². The van der Waals surface area contributed by atoms with Crippen molar-refractivity contribution in [3.8, 4) is 28.3 Å². The van der Waals surface area contributed by atoms with Crippen LogP contribution in [0.1, 0.15) is 43.3 Å². The van der Waals surface area contributed by atoms with E-state index >= 15 is 0 Å². The van der Waals surface area contributed by atoms with Crippen molar-refractivity contribution in [2.75, 3.05) is 19.0 Å². The third-order valence-electron chi connectivity index (χ3n) is 7.42. The van der Waals surface area contributed by atoms with Gasteiger partial charge >= 0.3 is 0 Å². The van der Waals surface area contributed by atoms with E-state index in [0.717, 1.165) is 50.7 Å². The molecule has 0 aliphatic carbocycles. The highest BCUT2D eigenvalue weighted by atomic mass is 16.3. The zero-order valence-corrected chi connectivity index (χ0v) is 25.2. The molecule has 0 unspecified atom stereocenters. The van der Waals surface area contributed by atoms with Crippen molar-refractivity contribution < 1.29 is 5.11 Å². The second kappa shape index (κ2) is 12.6.